The van der Waals surface area contributed by atoms with Gasteiger partial charge in [0.25, 0.3) is 15.9 Å². The number of nitrogens with zero attached hydrogens (tertiary/aromatic N) is 2. The van der Waals surface area contributed by atoms with Crippen LogP contribution in [0.25, 0.3) is 0 Å². The Bertz CT molecular complexity index is 987. The van der Waals surface area contributed by atoms with Crippen molar-refractivity contribution in [2.45, 2.75) is 11.3 Å². The van der Waals surface area contributed by atoms with Crippen molar-refractivity contribution in [3.05, 3.63) is 58.6 Å². The van der Waals surface area contributed by atoms with E-state index in [2.05, 4.69) is 0 Å². The molecule has 1 fully saturated rings. The fourth-order valence-corrected chi connectivity index (χ4v) is 5.47. The quantitative estimate of drug-likeness (QED) is 0.785. The van der Waals surface area contributed by atoms with Gasteiger partial charge in [-0.15, -0.1) is 0 Å². The van der Waals surface area contributed by atoms with Crippen LogP contribution in [-0.4, -0.2) is 52.1 Å². The number of amides is 1. The molecule has 142 valence electrons. The zero-order valence-corrected chi connectivity index (χ0v) is 16.2. The molecule has 2 aliphatic heterocycles. The number of morpholine rings is 1. The van der Waals surface area contributed by atoms with Crippen LogP contribution in [0.2, 0.25) is 5.02 Å². The second-order valence-corrected chi connectivity index (χ2v) is 8.74. The first kappa shape index (κ1) is 18.3. The van der Waals surface area contributed by atoms with Gasteiger partial charge in [-0.1, -0.05) is 29.8 Å². The molecule has 4 rings (SSSR count). The molecule has 0 spiro atoms. The number of halogens is 1. The van der Waals surface area contributed by atoms with Crippen molar-refractivity contribution in [2.24, 2.45) is 0 Å². The maximum atomic E-state index is 13.3. The molecule has 0 aromatic heterocycles. The smallest absolute Gasteiger partial charge is 0.265 e. The Balaban J connectivity index is 1.70. The Morgan fingerprint density at radius 3 is 2.56 bits per heavy atom. The first-order valence-corrected chi connectivity index (χ1v) is 10.6. The van der Waals surface area contributed by atoms with Crippen LogP contribution < -0.4 is 4.31 Å². The molecule has 2 heterocycles. The minimum atomic E-state index is -3.86. The van der Waals surface area contributed by atoms with E-state index >= 15 is 0 Å². The van der Waals surface area contributed by atoms with E-state index in [0.717, 1.165) is 5.56 Å². The maximum absolute atomic E-state index is 13.3. The highest BCUT2D eigenvalue weighted by Crippen LogP contribution is 2.35. The van der Waals surface area contributed by atoms with Gasteiger partial charge in [0.15, 0.2) is 0 Å². The van der Waals surface area contributed by atoms with Gasteiger partial charge < -0.3 is 9.64 Å². The van der Waals surface area contributed by atoms with Crippen molar-refractivity contribution in [1.82, 2.24) is 4.90 Å². The van der Waals surface area contributed by atoms with Gasteiger partial charge in [-0.25, -0.2) is 8.42 Å². The van der Waals surface area contributed by atoms with Crippen molar-refractivity contribution in [3.63, 3.8) is 0 Å². The number of fused-ring (bicyclic) bond motifs is 1. The summed E-state index contributed by atoms with van der Waals surface area (Å²) in [4.78, 5) is 14.3. The number of hydrogen-bond donors (Lipinski definition) is 0. The lowest BCUT2D eigenvalue weighted by atomic mass is 10.2. The topological polar surface area (TPSA) is 66.9 Å². The van der Waals surface area contributed by atoms with E-state index in [4.69, 9.17) is 16.3 Å². The number of carbonyl (C=O) groups is 1. The van der Waals surface area contributed by atoms with Crippen molar-refractivity contribution >= 4 is 33.2 Å². The number of para-hydroxylation sites is 1. The molecule has 0 N–H and O–H groups in total. The Labute approximate surface area is 163 Å². The van der Waals surface area contributed by atoms with E-state index in [1.54, 1.807) is 17.0 Å². The highest BCUT2D eigenvalue weighted by Gasteiger charge is 2.33. The second kappa shape index (κ2) is 7.14. The van der Waals surface area contributed by atoms with Crippen LogP contribution in [0.1, 0.15) is 15.9 Å². The van der Waals surface area contributed by atoms with Gasteiger partial charge in [0.2, 0.25) is 0 Å². The summed E-state index contributed by atoms with van der Waals surface area (Å²) in [6.45, 7) is 2.30. The van der Waals surface area contributed by atoms with Crippen LogP contribution in [0.5, 0.6) is 0 Å². The minimum absolute atomic E-state index is 0.0417. The fourth-order valence-electron chi connectivity index (χ4n) is 3.46. The van der Waals surface area contributed by atoms with Gasteiger partial charge in [0.1, 0.15) is 4.90 Å². The highest BCUT2D eigenvalue weighted by molar-refractivity contribution is 7.93. The summed E-state index contributed by atoms with van der Waals surface area (Å²) in [5.74, 6) is -0.215. The van der Waals surface area contributed by atoms with Crippen LogP contribution >= 0.6 is 11.6 Å². The number of benzene rings is 2. The van der Waals surface area contributed by atoms with E-state index in [0.29, 0.717) is 50.5 Å². The molecule has 2 aromatic carbocycles. The molecule has 0 bridgehead atoms. The van der Waals surface area contributed by atoms with Crippen molar-refractivity contribution in [3.8, 4) is 0 Å². The van der Waals surface area contributed by atoms with Gasteiger partial charge in [-0.05, 0) is 36.2 Å². The van der Waals surface area contributed by atoms with E-state index in [1.165, 1.54) is 16.4 Å². The van der Waals surface area contributed by atoms with Crippen LogP contribution in [0.3, 0.4) is 0 Å². The predicted octanol–water partition coefficient (Wildman–Crippen LogP) is 2.56. The SMILES string of the molecule is O=C(c1ccc(Cl)c(S(=O)(=O)N2CCc3ccccc32)c1)N1CCOCC1. The lowest BCUT2D eigenvalue weighted by molar-refractivity contribution is 0.0302. The second-order valence-electron chi connectivity index (χ2n) is 6.51. The summed E-state index contributed by atoms with van der Waals surface area (Å²) in [5, 5.41) is 0.109. The van der Waals surface area contributed by atoms with E-state index in [9.17, 15) is 13.2 Å². The maximum Gasteiger partial charge on any atom is 0.265 e. The summed E-state index contributed by atoms with van der Waals surface area (Å²) in [6, 6.07) is 11.8. The molecule has 1 saturated heterocycles. The average Bonchev–Trinajstić information content (AvgIpc) is 3.13. The summed E-state index contributed by atoms with van der Waals surface area (Å²) in [5.41, 5.74) is 1.96. The lowest BCUT2D eigenvalue weighted by Gasteiger charge is -2.27. The number of anilines is 1. The molecule has 0 radical (unpaired) electrons. The molecule has 1 amide bonds. The molecule has 8 heteroatoms. The van der Waals surface area contributed by atoms with Crippen LogP contribution in [0.15, 0.2) is 47.4 Å². The third-order valence-corrected chi connectivity index (χ3v) is 7.18. The van der Waals surface area contributed by atoms with Gasteiger partial charge in [-0.3, -0.25) is 9.10 Å². The zero-order valence-electron chi connectivity index (χ0n) is 14.6. The van der Waals surface area contributed by atoms with Gasteiger partial charge in [-0.2, -0.15) is 0 Å². The number of hydrogen-bond acceptors (Lipinski definition) is 4. The third kappa shape index (κ3) is 3.31. The fraction of sp³-hybridized carbons (Fsp3) is 0.316. The highest BCUT2D eigenvalue weighted by atomic mass is 35.5. The van der Waals surface area contributed by atoms with Gasteiger partial charge in [0.05, 0.1) is 23.9 Å². The summed E-state index contributed by atoms with van der Waals surface area (Å²) >= 11 is 6.23. The monoisotopic (exact) mass is 406 g/mol. The lowest BCUT2D eigenvalue weighted by Crippen LogP contribution is -2.40. The van der Waals surface area contributed by atoms with E-state index < -0.39 is 10.0 Å². The number of ether oxygens (including phenoxy) is 1. The molecule has 0 aliphatic carbocycles. The van der Waals surface area contributed by atoms with Crippen molar-refractivity contribution in [2.75, 3.05) is 37.2 Å². The summed E-state index contributed by atoms with van der Waals surface area (Å²) < 4.78 is 33.2. The van der Waals surface area contributed by atoms with Crippen LogP contribution in [0.4, 0.5) is 5.69 Å². The Morgan fingerprint density at radius 1 is 1.04 bits per heavy atom. The largest absolute Gasteiger partial charge is 0.378 e. The number of sulfonamides is 1. The Kier molecular flexibility index (Phi) is 4.84. The Hall–Kier alpha value is -2.09. The molecule has 27 heavy (non-hydrogen) atoms. The van der Waals surface area contributed by atoms with Crippen molar-refractivity contribution < 1.29 is 17.9 Å². The molecule has 0 atom stereocenters. The molecule has 0 saturated carbocycles. The Morgan fingerprint density at radius 2 is 1.78 bits per heavy atom. The molecule has 2 aromatic rings. The first-order chi connectivity index (χ1) is 13.0. The normalized spacial score (nSPS) is 17.1. The standard InChI is InChI=1S/C19H19ClN2O4S/c20-16-6-5-15(19(23)21-9-11-26-12-10-21)13-18(16)27(24,25)22-8-7-14-3-1-2-4-17(14)22/h1-6,13H,7-12H2. The summed E-state index contributed by atoms with van der Waals surface area (Å²) in [7, 11) is -3.86. The van der Waals surface area contributed by atoms with Gasteiger partial charge in [0, 0.05) is 25.2 Å². The zero-order chi connectivity index (χ0) is 19.0. The molecule has 6 nitrogen and oxygen atoms in total. The van der Waals surface area contributed by atoms with E-state index in [-0.39, 0.29) is 15.8 Å². The van der Waals surface area contributed by atoms with Crippen LogP contribution in [0, 0.1) is 0 Å². The number of rotatable bonds is 3. The predicted molar refractivity (Wildman–Crippen MR) is 103 cm³/mol. The van der Waals surface area contributed by atoms with Crippen LogP contribution in [-0.2, 0) is 21.2 Å². The molecule has 0 unspecified atom stereocenters. The molecular formula is C19H19ClN2O4S. The first-order valence-electron chi connectivity index (χ1n) is 8.76. The summed E-state index contributed by atoms with van der Waals surface area (Å²) in [6.07, 6.45) is 0.652. The minimum Gasteiger partial charge on any atom is -0.378 e. The third-order valence-electron chi connectivity index (χ3n) is 4.89. The molecule has 2 aliphatic rings. The van der Waals surface area contributed by atoms with Gasteiger partial charge >= 0.3 is 0 Å². The molecular weight excluding hydrogens is 388 g/mol. The number of carbonyl (C=O) groups excluding carboxylic acids is 1. The van der Waals surface area contributed by atoms with E-state index in [1.807, 2.05) is 18.2 Å². The van der Waals surface area contributed by atoms with Crippen molar-refractivity contribution in [1.29, 1.82) is 0 Å². The average molecular weight is 407 g/mol.